The van der Waals surface area contributed by atoms with E-state index in [0.717, 1.165) is 23.7 Å². The monoisotopic (exact) mass is 470 g/mol. The van der Waals surface area contributed by atoms with E-state index in [2.05, 4.69) is 72.7 Å². The van der Waals surface area contributed by atoms with Crippen LogP contribution in [0.15, 0.2) is 24.3 Å². The Labute approximate surface area is 192 Å². The molecule has 0 heterocycles. The zero-order valence-electron chi connectivity index (χ0n) is 19.4. The molecule has 0 spiro atoms. The van der Waals surface area contributed by atoms with Crippen LogP contribution in [0.5, 0.6) is 0 Å². The molecule has 2 heteroatoms. The third kappa shape index (κ3) is 6.40. The molecular formula is C26H40SiZr-4. The second kappa shape index (κ2) is 12.5. The standard InChI is InChI=1S/2C12H17.2CH3.Si.Zr/c2*1-8-6-11-9(2)4-5-10(3)12(11)7-8;;;;/h2*6-7,9-10H,4-5H2,1-3H3;2*1H3;;/q4*-1;;. The Morgan fingerprint density at radius 2 is 0.964 bits per heavy atom. The number of rotatable bonds is 0. The van der Waals surface area contributed by atoms with E-state index < -0.39 is 0 Å². The summed E-state index contributed by atoms with van der Waals surface area (Å²) in [6, 6.07) is 9.48. The molecule has 4 rings (SSSR count). The fraction of sp³-hybridized carbons (Fsp3) is 0.538. The molecule has 0 bridgehead atoms. The molecule has 2 aromatic carbocycles. The van der Waals surface area contributed by atoms with Gasteiger partial charge in [0.05, 0.1) is 0 Å². The molecule has 156 valence electrons. The summed E-state index contributed by atoms with van der Waals surface area (Å²) in [5.74, 6) is 3.18. The molecule has 0 fully saturated rings. The zero-order chi connectivity index (χ0) is 19.4. The Balaban J connectivity index is 0.000000449. The molecule has 0 amide bonds. The summed E-state index contributed by atoms with van der Waals surface area (Å²) in [7, 11) is 0. The van der Waals surface area contributed by atoms with Crippen molar-refractivity contribution in [3.63, 3.8) is 0 Å². The molecule has 28 heavy (non-hydrogen) atoms. The average molecular weight is 472 g/mol. The van der Waals surface area contributed by atoms with Gasteiger partial charge in [-0.25, -0.2) is 12.1 Å². The van der Waals surface area contributed by atoms with Crippen LogP contribution in [0.1, 0.15) is 110 Å². The van der Waals surface area contributed by atoms with E-state index in [-0.39, 0.29) is 14.9 Å². The first kappa shape index (κ1) is 27.8. The Hall–Kier alpha value is -0.200. The zero-order valence-corrected chi connectivity index (χ0v) is 22.9. The van der Waals surface area contributed by atoms with Gasteiger partial charge >= 0.3 is 30.2 Å². The average Bonchev–Trinajstić information content (AvgIpc) is 3.21. The number of hydrogen-bond donors (Lipinski definition) is 0. The molecule has 4 unspecified atom stereocenters. The van der Waals surface area contributed by atoms with Crippen molar-refractivity contribution >= 4 is 6.88 Å². The van der Waals surface area contributed by atoms with Crippen LogP contribution in [-0.4, -0.2) is 6.88 Å². The van der Waals surface area contributed by atoms with Gasteiger partial charge in [0.25, 0.3) is 0 Å². The number of hydrogen-bond acceptors (Lipinski definition) is 0. The first-order chi connectivity index (χ1) is 12.4. The minimum atomic E-state index is 0. The Kier molecular flexibility index (Phi) is 12.4. The Morgan fingerprint density at radius 1 is 0.679 bits per heavy atom. The van der Waals surface area contributed by atoms with Crippen LogP contribution in [-0.2, 0) is 23.3 Å². The third-order valence-corrected chi connectivity index (χ3v) is 6.39. The van der Waals surface area contributed by atoms with Gasteiger partial charge in [-0.05, 0) is 24.7 Å². The van der Waals surface area contributed by atoms with Crippen molar-refractivity contribution in [3.8, 4) is 0 Å². The van der Waals surface area contributed by atoms with Crippen molar-refractivity contribution in [2.24, 2.45) is 0 Å². The molecule has 0 nitrogen and oxygen atoms in total. The normalized spacial score (nSPS) is 24.6. The molecule has 2 aliphatic carbocycles. The van der Waals surface area contributed by atoms with Crippen LogP contribution in [0.4, 0.5) is 0 Å². The van der Waals surface area contributed by atoms with Crippen molar-refractivity contribution < 1.29 is 23.3 Å². The molecule has 4 atom stereocenters. The van der Waals surface area contributed by atoms with E-state index in [0.29, 0.717) is 0 Å². The van der Waals surface area contributed by atoms with Crippen LogP contribution >= 0.6 is 0 Å². The molecule has 0 saturated heterocycles. The minimum absolute atomic E-state index is 0. The summed E-state index contributed by atoms with van der Waals surface area (Å²) in [6.07, 6.45) is 5.49. The van der Waals surface area contributed by atoms with Crippen LogP contribution in [0.3, 0.4) is 0 Å². The van der Waals surface area contributed by atoms with Crippen molar-refractivity contribution in [3.05, 3.63) is 72.5 Å². The van der Waals surface area contributed by atoms with E-state index in [9.17, 15) is 0 Å². The van der Waals surface area contributed by atoms with Gasteiger partial charge in [-0.3, -0.25) is 0 Å². The second-order valence-corrected chi connectivity index (χ2v) is 8.65. The van der Waals surface area contributed by atoms with E-state index in [1.807, 2.05) is 0 Å². The number of fused-ring (bicyclic) bond motifs is 2. The summed E-state index contributed by atoms with van der Waals surface area (Å²) in [4.78, 5) is 0. The van der Waals surface area contributed by atoms with Gasteiger partial charge in [0.2, 0.25) is 0 Å². The molecule has 2 aromatic rings. The Morgan fingerprint density at radius 3 is 1.25 bits per heavy atom. The van der Waals surface area contributed by atoms with Crippen molar-refractivity contribution in [2.45, 2.75) is 90.9 Å². The first-order valence-electron chi connectivity index (χ1n) is 10.2. The van der Waals surface area contributed by atoms with Gasteiger partial charge in [0.15, 0.2) is 0 Å². The summed E-state index contributed by atoms with van der Waals surface area (Å²) < 4.78 is 0. The summed E-state index contributed by atoms with van der Waals surface area (Å²) >= 11 is 1.36. The second-order valence-electron chi connectivity index (χ2n) is 8.65. The van der Waals surface area contributed by atoms with Crippen LogP contribution in [0, 0.1) is 28.7 Å². The Bertz CT molecular complexity index is 593. The predicted molar refractivity (Wildman–Crippen MR) is 124 cm³/mol. The molecule has 0 N–H and O–H groups in total. The van der Waals surface area contributed by atoms with Gasteiger partial charge in [0, 0.05) is 0 Å². The first-order valence-corrected chi connectivity index (χ1v) is 14.3. The number of aryl methyl sites for hydroxylation is 2. The van der Waals surface area contributed by atoms with Gasteiger partial charge in [-0.15, -0.1) is 0 Å². The van der Waals surface area contributed by atoms with Crippen LogP contribution in [0.2, 0.25) is 0 Å². The quantitative estimate of drug-likeness (QED) is 0.270. The van der Waals surface area contributed by atoms with Gasteiger partial charge < -0.3 is 14.9 Å². The van der Waals surface area contributed by atoms with Crippen LogP contribution in [0.25, 0.3) is 0 Å². The fourth-order valence-corrected chi connectivity index (χ4v) is 4.73. The van der Waals surface area contributed by atoms with Gasteiger partial charge in [0.1, 0.15) is 0 Å². The van der Waals surface area contributed by atoms with E-state index in [1.165, 1.54) is 60.1 Å². The summed E-state index contributed by atoms with van der Waals surface area (Å²) in [5, 5.41) is 0. The maximum atomic E-state index is 3.06. The molecule has 2 aliphatic rings. The summed E-state index contributed by atoms with van der Waals surface area (Å²) in [6.45, 7) is 16.9. The van der Waals surface area contributed by atoms with E-state index in [1.54, 1.807) is 22.3 Å². The topological polar surface area (TPSA) is 0 Å². The molecular weight excluding hydrogens is 432 g/mol. The van der Waals surface area contributed by atoms with Crippen LogP contribution < -0.4 is 0 Å². The third-order valence-electron chi connectivity index (χ3n) is 6.39. The summed E-state index contributed by atoms with van der Waals surface area (Å²) in [5.41, 5.74) is 9.36. The fourth-order valence-electron chi connectivity index (χ4n) is 4.73. The van der Waals surface area contributed by atoms with Crippen molar-refractivity contribution in [1.82, 2.24) is 0 Å². The van der Waals surface area contributed by atoms with Crippen molar-refractivity contribution in [1.29, 1.82) is 0 Å². The van der Waals surface area contributed by atoms with E-state index in [4.69, 9.17) is 0 Å². The molecule has 2 radical (unpaired) electrons. The van der Waals surface area contributed by atoms with Crippen molar-refractivity contribution in [2.75, 3.05) is 0 Å². The molecule has 0 aromatic heterocycles. The maximum absolute atomic E-state index is 3.06. The predicted octanol–water partition coefficient (Wildman–Crippen LogP) is 7.95. The molecule has 0 saturated carbocycles. The molecule has 0 aliphatic heterocycles. The SMILES string of the molecule is Cc1cc2c([cH-]1)C(C)CCC2C.Cc1cc2c([cH-]1)C(C)CCC2C.[CH3-].[CH3-].[Si]=[Zr]. The van der Waals surface area contributed by atoms with E-state index >= 15 is 0 Å². The van der Waals surface area contributed by atoms with Gasteiger partial charge in [-0.1, -0.05) is 66.2 Å². The van der Waals surface area contributed by atoms with Gasteiger partial charge in [-0.2, -0.15) is 45.5 Å².